The Hall–Kier alpha value is -1.15. The van der Waals surface area contributed by atoms with Crippen molar-refractivity contribution in [3.63, 3.8) is 0 Å². The summed E-state index contributed by atoms with van der Waals surface area (Å²) in [6.07, 6.45) is -4.38. The Labute approximate surface area is 115 Å². The number of alkyl halides is 4. The van der Waals surface area contributed by atoms with Crippen LogP contribution in [-0.4, -0.2) is 23.5 Å². The van der Waals surface area contributed by atoms with E-state index in [1.807, 2.05) is 0 Å². The third-order valence-corrected chi connectivity index (χ3v) is 2.99. The van der Waals surface area contributed by atoms with Crippen molar-refractivity contribution in [1.29, 1.82) is 0 Å². The molecule has 8 heteroatoms. The molecule has 1 aromatic carbocycles. The summed E-state index contributed by atoms with van der Waals surface area (Å²) in [7, 11) is 1.47. The molecule has 0 saturated carbocycles. The van der Waals surface area contributed by atoms with E-state index in [0.29, 0.717) is 12.7 Å². The number of ether oxygens (including phenoxy) is 1. The molecule has 19 heavy (non-hydrogen) atoms. The van der Waals surface area contributed by atoms with E-state index < -0.39 is 22.4 Å². The van der Waals surface area contributed by atoms with Crippen molar-refractivity contribution in [3.05, 3.63) is 39.4 Å². The predicted octanol–water partition coefficient (Wildman–Crippen LogP) is 3.57. The summed E-state index contributed by atoms with van der Waals surface area (Å²) in [4.78, 5) is 9.82. The number of rotatable bonds is 5. The standard InChI is InChI=1S/C11H11BrF3NO3/c1-19-6-9(12)4-7-2-3-8(11(13,14)15)5-10(7)16(17)18/h2-3,5,9H,4,6H2,1H3. The summed E-state index contributed by atoms with van der Waals surface area (Å²) in [6.45, 7) is 0.304. The average molecular weight is 342 g/mol. The highest BCUT2D eigenvalue weighted by Crippen LogP contribution is 2.33. The first-order valence-corrected chi connectivity index (χ1v) is 6.14. The first-order valence-electron chi connectivity index (χ1n) is 5.23. The number of benzene rings is 1. The van der Waals surface area contributed by atoms with E-state index in [2.05, 4.69) is 15.9 Å². The van der Waals surface area contributed by atoms with Gasteiger partial charge in [0.2, 0.25) is 0 Å². The molecule has 0 aliphatic carbocycles. The number of nitrogens with zero attached hydrogens (tertiary/aromatic N) is 1. The Kier molecular flexibility index (Phi) is 5.30. The van der Waals surface area contributed by atoms with E-state index in [9.17, 15) is 23.3 Å². The maximum absolute atomic E-state index is 12.5. The first kappa shape index (κ1) is 15.9. The summed E-state index contributed by atoms with van der Waals surface area (Å²) in [5.74, 6) is 0. The summed E-state index contributed by atoms with van der Waals surface area (Å²) >= 11 is 3.25. The second-order valence-corrected chi connectivity index (χ2v) is 5.15. The van der Waals surface area contributed by atoms with Crippen LogP contribution in [0.2, 0.25) is 0 Å². The van der Waals surface area contributed by atoms with E-state index in [1.54, 1.807) is 0 Å². The van der Waals surface area contributed by atoms with Gasteiger partial charge in [-0.05, 0) is 12.5 Å². The molecule has 0 aromatic heterocycles. The number of halogens is 4. The van der Waals surface area contributed by atoms with E-state index >= 15 is 0 Å². The van der Waals surface area contributed by atoms with Crippen molar-refractivity contribution in [2.75, 3.05) is 13.7 Å². The van der Waals surface area contributed by atoms with Crippen LogP contribution >= 0.6 is 15.9 Å². The molecule has 1 unspecified atom stereocenters. The van der Waals surface area contributed by atoms with Gasteiger partial charge in [0, 0.05) is 23.6 Å². The van der Waals surface area contributed by atoms with Gasteiger partial charge in [-0.15, -0.1) is 0 Å². The van der Waals surface area contributed by atoms with Crippen molar-refractivity contribution in [2.24, 2.45) is 0 Å². The van der Waals surface area contributed by atoms with Gasteiger partial charge in [-0.1, -0.05) is 22.0 Å². The van der Waals surface area contributed by atoms with Crippen LogP contribution in [0.4, 0.5) is 18.9 Å². The molecule has 0 N–H and O–H groups in total. The molecule has 0 saturated heterocycles. The molecule has 0 amide bonds. The SMILES string of the molecule is COCC(Br)Cc1ccc(C(F)(F)F)cc1[N+](=O)[O-]. The van der Waals surface area contributed by atoms with Gasteiger partial charge in [-0.2, -0.15) is 13.2 Å². The summed E-state index contributed by atoms with van der Waals surface area (Å²) in [6, 6.07) is 2.53. The number of hydrogen-bond acceptors (Lipinski definition) is 3. The quantitative estimate of drug-likeness (QED) is 0.467. The molecule has 106 valence electrons. The van der Waals surface area contributed by atoms with Crippen molar-refractivity contribution in [2.45, 2.75) is 17.4 Å². The second-order valence-electron chi connectivity index (χ2n) is 3.86. The van der Waals surface area contributed by atoms with Crippen molar-refractivity contribution in [1.82, 2.24) is 0 Å². The molecular weight excluding hydrogens is 331 g/mol. The molecule has 0 spiro atoms. The van der Waals surface area contributed by atoms with Gasteiger partial charge < -0.3 is 4.74 Å². The fourth-order valence-electron chi connectivity index (χ4n) is 1.56. The zero-order valence-corrected chi connectivity index (χ0v) is 11.5. The highest BCUT2D eigenvalue weighted by Gasteiger charge is 2.33. The minimum absolute atomic E-state index is 0.201. The fraction of sp³-hybridized carbons (Fsp3) is 0.455. The smallest absolute Gasteiger partial charge is 0.384 e. The normalized spacial score (nSPS) is 13.3. The Balaban J connectivity index is 3.09. The molecule has 4 nitrogen and oxygen atoms in total. The lowest BCUT2D eigenvalue weighted by atomic mass is 10.0. The van der Waals surface area contributed by atoms with Crippen LogP contribution in [0.15, 0.2) is 18.2 Å². The number of nitro groups is 1. The molecule has 0 heterocycles. The first-order chi connectivity index (χ1) is 8.75. The lowest BCUT2D eigenvalue weighted by molar-refractivity contribution is -0.385. The van der Waals surface area contributed by atoms with Crippen LogP contribution in [0, 0.1) is 10.1 Å². The molecule has 1 aromatic rings. The molecule has 0 aliphatic rings. The number of hydrogen-bond donors (Lipinski definition) is 0. The van der Waals surface area contributed by atoms with Crippen LogP contribution in [0.25, 0.3) is 0 Å². The number of methoxy groups -OCH3 is 1. The van der Waals surface area contributed by atoms with Gasteiger partial charge in [0.15, 0.2) is 0 Å². The molecule has 0 aliphatic heterocycles. The lowest BCUT2D eigenvalue weighted by Crippen LogP contribution is -2.12. The van der Waals surface area contributed by atoms with Gasteiger partial charge in [0.05, 0.1) is 17.1 Å². The fourth-order valence-corrected chi connectivity index (χ4v) is 2.17. The van der Waals surface area contributed by atoms with Crippen LogP contribution in [-0.2, 0) is 17.3 Å². The third-order valence-electron chi connectivity index (χ3n) is 2.40. The van der Waals surface area contributed by atoms with E-state index in [0.717, 1.165) is 12.1 Å². The molecule has 0 fully saturated rings. The van der Waals surface area contributed by atoms with Gasteiger partial charge in [0.1, 0.15) is 0 Å². The van der Waals surface area contributed by atoms with Crippen molar-refractivity contribution < 1.29 is 22.8 Å². The third kappa shape index (κ3) is 4.46. The zero-order valence-electron chi connectivity index (χ0n) is 9.91. The highest BCUT2D eigenvalue weighted by molar-refractivity contribution is 9.09. The Morgan fingerprint density at radius 3 is 2.58 bits per heavy atom. The predicted molar refractivity (Wildman–Crippen MR) is 66.4 cm³/mol. The van der Waals surface area contributed by atoms with Crippen LogP contribution < -0.4 is 0 Å². The van der Waals surface area contributed by atoms with Crippen LogP contribution in [0.3, 0.4) is 0 Å². The Bertz CT molecular complexity index is 465. The summed E-state index contributed by atoms with van der Waals surface area (Å²) in [5.41, 5.74) is -1.33. The van der Waals surface area contributed by atoms with E-state index in [1.165, 1.54) is 7.11 Å². The molecule has 0 radical (unpaired) electrons. The average Bonchev–Trinajstić information content (AvgIpc) is 2.27. The lowest BCUT2D eigenvalue weighted by Gasteiger charge is -2.11. The van der Waals surface area contributed by atoms with Gasteiger partial charge in [-0.3, -0.25) is 10.1 Å². The Morgan fingerprint density at radius 2 is 2.11 bits per heavy atom. The van der Waals surface area contributed by atoms with Gasteiger partial charge in [-0.25, -0.2) is 0 Å². The molecule has 1 rings (SSSR count). The summed E-state index contributed by atoms with van der Waals surface area (Å²) in [5, 5.41) is 10.8. The van der Waals surface area contributed by atoms with Gasteiger partial charge >= 0.3 is 6.18 Å². The van der Waals surface area contributed by atoms with Crippen molar-refractivity contribution in [3.8, 4) is 0 Å². The minimum atomic E-state index is -4.59. The molecule has 1 atom stereocenters. The van der Waals surface area contributed by atoms with Crippen LogP contribution in [0.5, 0.6) is 0 Å². The largest absolute Gasteiger partial charge is 0.416 e. The maximum Gasteiger partial charge on any atom is 0.416 e. The van der Waals surface area contributed by atoms with Crippen molar-refractivity contribution >= 4 is 21.6 Å². The zero-order chi connectivity index (χ0) is 14.6. The minimum Gasteiger partial charge on any atom is -0.384 e. The Morgan fingerprint density at radius 1 is 1.47 bits per heavy atom. The molecule has 0 bridgehead atoms. The maximum atomic E-state index is 12.5. The van der Waals surface area contributed by atoms with Crippen LogP contribution in [0.1, 0.15) is 11.1 Å². The highest BCUT2D eigenvalue weighted by atomic mass is 79.9. The monoisotopic (exact) mass is 341 g/mol. The number of nitro benzene ring substituents is 1. The topological polar surface area (TPSA) is 52.4 Å². The molecular formula is C11H11BrF3NO3. The van der Waals surface area contributed by atoms with Gasteiger partial charge in [0.25, 0.3) is 5.69 Å². The second kappa shape index (κ2) is 6.33. The van der Waals surface area contributed by atoms with E-state index in [-0.39, 0.29) is 16.8 Å². The summed E-state index contributed by atoms with van der Waals surface area (Å²) < 4.78 is 42.3. The van der Waals surface area contributed by atoms with E-state index in [4.69, 9.17) is 4.74 Å².